The fourth-order valence-electron chi connectivity index (χ4n) is 2.56. The number of benzene rings is 1. The summed E-state index contributed by atoms with van der Waals surface area (Å²) in [6, 6.07) is 7.67. The first-order chi connectivity index (χ1) is 12.3. The lowest BCUT2D eigenvalue weighted by molar-refractivity contribution is -0.118. The van der Waals surface area contributed by atoms with Crippen LogP contribution in [0.2, 0.25) is 0 Å². The monoisotopic (exact) mass is 375 g/mol. The van der Waals surface area contributed by atoms with Gasteiger partial charge in [0.05, 0.1) is 12.2 Å². The van der Waals surface area contributed by atoms with E-state index in [1.165, 1.54) is 11.3 Å². The third kappa shape index (κ3) is 4.64. The van der Waals surface area contributed by atoms with Gasteiger partial charge in [-0.3, -0.25) is 4.79 Å². The van der Waals surface area contributed by atoms with Crippen LogP contribution in [0.15, 0.2) is 24.3 Å². The van der Waals surface area contributed by atoms with Crippen molar-refractivity contribution in [1.82, 2.24) is 0 Å². The van der Waals surface area contributed by atoms with Crippen LogP contribution in [-0.4, -0.2) is 25.1 Å². The zero-order valence-corrected chi connectivity index (χ0v) is 16.7. The van der Waals surface area contributed by atoms with Gasteiger partial charge in [-0.05, 0) is 43.9 Å². The van der Waals surface area contributed by atoms with Crippen LogP contribution in [0.1, 0.15) is 53.1 Å². The van der Waals surface area contributed by atoms with Crippen molar-refractivity contribution in [1.29, 1.82) is 0 Å². The molecule has 0 bridgehead atoms. The molecule has 0 saturated carbocycles. The Balaban J connectivity index is 2.09. The fraction of sp³-hybridized carbons (Fsp3) is 0.400. The Hall–Kier alpha value is -2.34. The zero-order chi connectivity index (χ0) is 19.3. The lowest BCUT2D eigenvalue weighted by atomic mass is 10.0. The first-order valence-electron chi connectivity index (χ1n) is 8.63. The van der Waals surface area contributed by atoms with Crippen LogP contribution in [0.4, 0.5) is 5.00 Å². The molecule has 1 N–H and O–H groups in total. The van der Waals surface area contributed by atoms with Gasteiger partial charge in [-0.15, -0.1) is 11.3 Å². The molecule has 1 aromatic heterocycles. The molecule has 0 aliphatic carbocycles. The Bertz CT molecular complexity index is 795. The molecule has 2 aromatic rings. The summed E-state index contributed by atoms with van der Waals surface area (Å²) in [6.45, 7) is 9.83. The smallest absolute Gasteiger partial charge is 0.341 e. The van der Waals surface area contributed by atoms with E-state index in [9.17, 15) is 9.59 Å². The highest BCUT2D eigenvalue weighted by molar-refractivity contribution is 7.16. The normalized spacial score (nSPS) is 10.7. The van der Waals surface area contributed by atoms with E-state index < -0.39 is 5.97 Å². The molecule has 5 nitrogen and oxygen atoms in total. The molecule has 0 fully saturated rings. The lowest BCUT2D eigenvalue weighted by Gasteiger charge is -2.13. The standard InChI is InChI=1S/C20H25NO4S/c1-6-24-20(23)18-13(4)14(5)26-19(18)21-17(22)11-25-16-10-8-7-9-15(16)12(2)3/h7-10,12H,6,11H2,1-5H3,(H,21,22). The maximum atomic E-state index is 12.3. The van der Waals surface area contributed by atoms with E-state index in [-0.39, 0.29) is 19.1 Å². The number of thiophene rings is 1. The van der Waals surface area contributed by atoms with Crippen molar-refractivity contribution in [2.45, 2.75) is 40.5 Å². The number of amides is 1. The van der Waals surface area contributed by atoms with Crippen molar-refractivity contribution in [2.24, 2.45) is 0 Å². The second kappa shape index (κ2) is 8.85. The Labute approximate surface area is 158 Å². The highest BCUT2D eigenvalue weighted by Gasteiger charge is 2.22. The highest BCUT2D eigenvalue weighted by Crippen LogP contribution is 2.33. The van der Waals surface area contributed by atoms with E-state index in [0.717, 1.165) is 16.0 Å². The van der Waals surface area contributed by atoms with Crippen molar-refractivity contribution in [3.8, 4) is 5.75 Å². The predicted molar refractivity (Wildman–Crippen MR) is 104 cm³/mol. The summed E-state index contributed by atoms with van der Waals surface area (Å²) in [6.07, 6.45) is 0. The molecule has 0 unspecified atom stereocenters. The molecule has 0 radical (unpaired) electrons. The summed E-state index contributed by atoms with van der Waals surface area (Å²) in [5.74, 6) is 0.264. The Morgan fingerprint density at radius 2 is 1.88 bits per heavy atom. The third-order valence-electron chi connectivity index (χ3n) is 4.02. The number of aryl methyl sites for hydroxylation is 1. The quantitative estimate of drug-likeness (QED) is 0.714. The molecule has 0 aliphatic rings. The molecule has 6 heteroatoms. The van der Waals surface area contributed by atoms with Gasteiger partial charge in [0.1, 0.15) is 10.8 Å². The largest absolute Gasteiger partial charge is 0.483 e. The average Bonchev–Trinajstić information content (AvgIpc) is 2.87. The zero-order valence-electron chi connectivity index (χ0n) is 15.8. The lowest BCUT2D eigenvalue weighted by Crippen LogP contribution is -2.21. The van der Waals surface area contributed by atoms with E-state index in [1.54, 1.807) is 6.92 Å². The van der Waals surface area contributed by atoms with Crippen LogP contribution < -0.4 is 10.1 Å². The number of carbonyl (C=O) groups is 2. The Kier molecular flexibility index (Phi) is 6.80. The average molecular weight is 375 g/mol. The number of esters is 1. The molecular weight excluding hydrogens is 350 g/mol. The molecule has 2 rings (SSSR count). The van der Waals surface area contributed by atoms with Gasteiger partial charge in [-0.25, -0.2) is 4.79 Å². The number of para-hydroxylation sites is 1. The van der Waals surface area contributed by atoms with Gasteiger partial charge in [0.25, 0.3) is 5.91 Å². The van der Waals surface area contributed by atoms with Crippen LogP contribution in [0.25, 0.3) is 0 Å². The van der Waals surface area contributed by atoms with Crippen LogP contribution >= 0.6 is 11.3 Å². The van der Waals surface area contributed by atoms with Crippen molar-refractivity contribution >= 4 is 28.2 Å². The Morgan fingerprint density at radius 3 is 2.54 bits per heavy atom. The minimum atomic E-state index is -0.421. The topological polar surface area (TPSA) is 64.6 Å². The SMILES string of the molecule is CCOC(=O)c1c(NC(=O)COc2ccccc2C(C)C)sc(C)c1C. The van der Waals surface area contributed by atoms with Gasteiger partial charge in [-0.2, -0.15) is 0 Å². The predicted octanol–water partition coefficient (Wildman–Crippen LogP) is 4.68. The van der Waals surface area contributed by atoms with E-state index in [4.69, 9.17) is 9.47 Å². The number of hydrogen-bond donors (Lipinski definition) is 1. The third-order valence-corrected chi connectivity index (χ3v) is 5.14. The minimum absolute atomic E-state index is 0.123. The van der Waals surface area contributed by atoms with Gasteiger partial charge in [0, 0.05) is 4.88 Å². The van der Waals surface area contributed by atoms with Crippen molar-refractivity contribution in [3.63, 3.8) is 0 Å². The fourth-order valence-corrected chi connectivity index (χ4v) is 3.62. The summed E-state index contributed by atoms with van der Waals surface area (Å²) < 4.78 is 10.8. The first kappa shape index (κ1) is 20.0. The highest BCUT2D eigenvalue weighted by atomic mass is 32.1. The second-order valence-corrected chi connectivity index (χ2v) is 7.46. The molecule has 140 valence electrons. The molecule has 1 amide bonds. The van der Waals surface area contributed by atoms with Gasteiger partial charge in [0.15, 0.2) is 6.61 Å². The van der Waals surface area contributed by atoms with Crippen molar-refractivity contribution in [2.75, 3.05) is 18.5 Å². The summed E-state index contributed by atoms with van der Waals surface area (Å²) in [5, 5.41) is 3.29. The molecule has 0 aliphatic heterocycles. The number of nitrogens with one attached hydrogen (secondary N) is 1. The van der Waals surface area contributed by atoms with Gasteiger partial charge >= 0.3 is 5.97 Å². The van der Waals surface area contributed by atoms with E-state index in [2.05, 4.69) is 19.2 Å². The molecule has 0 saturated heterocycles. The second-order valence-electron chi connectivity index (χ2n) is 6.24. The maximum Gasteiger partial charge on any atom is 0.341 e. The van der Waals surface area contributed by atoms with Crippen molar-refractivity contribution in [3.05, 3.63) is 45.8 Å². The number of ether oxygens (including phenoxy) is 2. The van der Waals surface area contributed by atoms with Crippen molar-refractivity contribution < 1.29 is 19.1 Å². The number of rotatable bonds is 7. The molecule has 1 aromatic carbocycles. The number of hydrogen-bond acceptors (Lipinski definition) is 5. The Morgan fingerprint density at radius 1 is 1.19 bits per heavy atom. The minimum Gasteiger partial charge on any atom is -0.483 e. The van der Waals surface area contributed by atoms with E-state index >= 15 is 0 Å². The summed E-state index contributed by atoms with van der Waals surface area (Å²) in [7, 11) is 0. The molecule has 0 atom stereocenters. The number of carbonyl (C=O) groups excluding carboxylic acids is 2. The van der Waals surface area contributed by atoms with Crippen LogP contribution in [0.5, 0.6) is 5.75 Å². The molecular formula is C20H25NO4S. The molecule has 1 heterocycles. The van der Waals surface area contributed by atoms with Crippen LogP contribution in [0.3, 0.4) is 0 Å². The maximum absolute atomic E-state index is 12.3. The summed E-state index contributed by atoms with van der Waals surface area (Å²) in [4.78, 5) is 25.5. The summed E-state index contributed by atoms with van der Waals surface area (Å²) in [5.41, 5.74) is 2.30. The van der Waals surface area contributed by atoms with Gasteiger partial charge in [0.2, 0.25) is 0 Å². The van der Waals surface area contributed by atoms with E-state index in [0.29, 0.717) is 22.2 Å². The van der Waals surface area contributed by atoms with Gasteiger partial charge < -0.3 is 14.8 Å². The molecule has 26 heavy (non-hydrogen) atoms. The summed E-state index contributed by atoms with van der Waals surface area (Å²) >= 11 is 1.36. The van der Waals surface area contributed by atoms with Crippen LogP contribution in [0, 0.1) is 13.8 Å². The van der Waals surface area contributed by atoms with E-state index in [1.807, 2.05) is 38.1 Å². The molecule has 0 spiro atoms. The number of anilines is 1. The first-order valence-corrected chi connectivity index (χ1v) is 9.45. The van der Waals surface area contributed by atoms with Crippen LogP contribution in [-0.2, 0) is 9.53 Å². The van der Waals surface area contributed by atoms with Gasteiger partial charge in [-0.1, -0.05) is 32.0 Å².